The maximum atomic E-state index is 6.19. The fourth-order valence-corrected chi connectivity index (χ4v) is 3.73. The van der Waals surface area contributed by atoms with Gasteiger partial charge in [0.05, 0.1) is 6.10 Å². The van der Waals surface area contributed by atoms with Crippen molar-refractivity contribution in [2.45, 2.75) is 58.1 Å². The number of benzene rings is 1. The molecule has 1 aromatic rings. The Morgan fingerprint density at radius 1 is 1.20 bits per heavy atom. The van der Waals surface area contributed by atoms with Crippen molar-refractivity contribution in [1.82, 2.24) is 5.32 Å². The molecule has 1 aliphatic rings. The third-order valence-electron chi connectivity index (χ3n) is 5.22. The summed E-state index contributed by atoms with van der Waals surface area (Å²) < 4.78 is 6.19. The minimum absolute atomic E-state index is 0.363. The molecule has 0 amide bonds. The summed E-state index contributed by atoms with van der Waals surface area (Å²) in [5, 5.41) is 3.46. The Morgan fingerprint density at radius 2 is 1.90 bits per heavy atom. The van der Waals surface area contributed by atoms with Crippen molar-refractivity contribution in [2.24, 2.45) is 5.41 Å². The molecule has 1 fully saturated rings. The van der Waals surface area contributed by atoms with E-state index < -0.39 is 0 Å². The van der Waals surface area contributed by atoms with Crippen LogP contribution in [0.4, 0.5) is 0 Å². The molecule has 1 aromatic carbocycles. The molecule has 2 atom stereocenters. The number of ether oxygens (including phenoxy) is 1. The van der Waals surface area contributed by atoms with Crippen molar-refractivity contribution in [3.8, 4) is 0 Å². The van der Waals surface area contributed by atoms with Gasteiger partial charge in [0.15, 0.2) is 0 Å². The predicted molar refractivity (Wildman–Crippen MR) is 85.0 cm³/mol. The zero-order chi connectivity index (χ0) is 14.4. The van der Waals surface area contributed by atoms with Gasteiger partial charge < -0.3 is 10.1 Å². The Labute approximate surface area is 123 Å². The maximum Gasteiger partial charge on any atom is 0.0661 e. The monoisotopic (exact) mass is 275 g/mol. The van der Waals surface area contributed by atoms with Crippen LogP contribution in [0.5, 0.6) is 0 Å². The molecule has 1 N–H and O–H groups in total. The van der Waals surface area contributed by atoms with Crippen molar-refractivity contribution in [1.29, 1.82) is 0 Å². The van der Waals surface area contributed by atoms with Gasteiger partial charge in [0, 0.05) is 18.1 Å². The van der Waals surface area contributed by atoms with Crippen molar-refractivity contribution in [3.05, 3.63) is 35.9 Å². The van der Waals surface area contributed by atoms with Crippen LogP contribution in [0, 0.1) is 5.41 Å². The van der Waals surface area contributed by atoms with Crippen LogP contribution in [-0.4, -0.2) is 25.8 Å². The summed E-state index contributed by atoms with van der Waals surface area (Å²) in [7, 11) is 2.08. The minimum Gasteiger partial charge on any atom is -0.378 e. The van der Waals surface area contributed by atoms with Crippen molar-refractivity contribution < 1.29 is 4.74 Å². The molecular weight excluding hydrogens is 246 g/mol. The highest BCUT2D eigenvalue weighted by molar-refractivity contribution is 5.14. The van der Waals surface area contributed by atoms with Crippen LogP contribution in [0.1, 0.15) is 45.1 Å². The topological polar surface area (TPSA) is 21.3 Å². The lowest BCUT2D eigenvalue weighted by Gasteiger charge is -2.55. The van der Waals surface area contributed by atoms with Gasteiger partial charge in [0.25, 0.3) is 0 Å². The number of rotatable bonds is 8. The lowest BCUT2D eigenvalue weighted by atomic mass is 9.58. The summed E-state index contributed by atoms with van der Waals surface area (Å²) in [6.45, 7) is 5.48. The van der Waals surface area contributed by atoms with E-state index in [1.165, 1.54) is 24.8 Å². The smallest absolute Gasteiger partial charge is 0.0661 e. The molecule has 0 saturated heterocycles. The Bertz CT molecular complexity index is 386. The highest BCUT2D eigenvalue weighted by atomic mass is 16.5. The van der Waals surface area contributed by atoms with Gasteiger partial charge in [-0.2, -0.15) is 0 Å². The van der Waals surface area contributed by atoms with E-state index in [1.54, 1.807) is 0 Å². The average molecular weight is 275 g/mol. The number of aryl methyl sites for hydroxylation is 1. The van der Waals surface area contributed by atoms with E-state index in [0.717, 1.165) is 19.4 Å². The van der Waals surface area contributed by atoms with Crippen molar-refractivity contribution in [2.75, 3.05) is 13.7 Å². The minimum atomic E-state index is 0.363. The number of nitrogens with one attached hydrogen (secondary N) is 1. The molecule has 2 nitrogen and oxygen atoms in total. The molecule has 0 aromatic heterocycles. The Kier molecular flexibility index (Phi) is 5.62. The fourth-order valence-electron chi connectivity index (χ4n) is 3.73. The van der Waals surface area contributed by atoms with Gasteiger partial charge in [-0.3, -0.25) is 0 Å². The first-order valence-electron chi connectivity index (χ1n) is 8.09. The fraction of sp³-hybridized carbons (Fsp3) is 0.667. The van der Waals surface area contributed by atoms with Crippen molar-refractivity contribution in [3.63, 3.8) is 0 Å². The van der Waals surface area contributed by atoms with Gasteiger partial charge in [0.1, 0.15) is 0 Å². The summed E-state index contributed by atoms with van der Waals surface area (Å²) in [5.74, 6) is 0. The third kappa shape index (κ3) is 3.07. The first-order valence-corrected chi connectivity index (χ1v) is 8.09. The van der Waals surface area contributed by atoms with Crippen LogP contribution in [0.3, 0.4) is 0 Å². The summed E-state index contributed by atoms with van der Waals surface area (Å²) in [6, 6.07) is 11.3. The lowest BCUT2D eigenvalue weighted by molar-refractivity contribution is -0.139. The standard InChI is InChI=1S/C18H29NO/c1-4-18(5-2)16(19-3)14-17(18)20-13-9-12-15-10-7-6-8-11-15/h6-8,10-11,16-17,19H,4-5,9,12-14H2,1-3H3. The van der Waals surface area contributed by atoms with Crippen LogP contribution in [0.25, 0.3) is 0 Å². The van der Waals surface area contributed by atoms with Gasteiger partial charge in [-0.15, -0.1) is 0 Å². The molecule has 0 spiro atoms. The molecule has 1 aliphatic carbocycles. The first kappa shape index (κ1) is 15.5. The summed E-state index contributed by atoms with van der Waals surface area (Å²) >= 11 is 0. The van der Waals surface area contributed by atoms with E-state index in [4.69, 9.17) is 4.74 Å². The lowest BCUT2D eigenvalue weighted by Crippen LogP contribution is -2.62. The van der Waals surface area contributed by atoms with E-state index in [9.17, 15) is 0 Å². The highest BCUT2D eigenvalue weighted by Crippen LogP contribution is 2.48. The zero-order valence-electron chi connectivity index (χ0n) is 13.2. The molecule has 1 saturated carbocycles. The Hall–Kier alpha value is -0.860. The van der Waals surface area contributed by atoms with Gasteiger partial charge in [-0.25, -0.2) is 0 Å². The number of hydrogen-bond donors (Lipinski definition) is 1. The molecule has 112 valence electrons. The number of hydrogen-bond acceptors (Lipinski definition) is 2. The van der Waals surface area contributed by atoms with E-state index in [1.807, 2.05) is 0 Å². The van der Waals surface area contributed by atoms with E-state index in [2.05, 4.69) is 56.5 Å². The highest BCUT2D eigenvalue weighted by Gasteiger charge is 2.52. The zero-order valence-corrected chi connectivity index (χ0v) is 13.2. The molecule has 2 unspecified atom stereocenters. The van der Waals surface area contributed by atoms with Crippen LogP contribution >= 0.6 is 0 Å². The van der Waals surface area contributed by atoms with Crippen LogP contribution in [0.15, 0.2) is 30.3 Å². The van der Waals surface area contributed by atoms with E-state index in [0.29, 0.717) is 17.6 Å². The second-order valence-corrected chi connectivity index (χ2v) is 5.97. The van der Waals surface area contributed by atoms with Gasteiger partial charge in [-0.05, 0) is 44.7 Å². The first-order chi connectivity index (χ1) is 9.76. The predicted octanol–water partition coefficient (Wildman–Crippen LogP) is 3.80. The summed E-state index contributed by atoms with van der Waals surface area (Å²) in [4.78, 5) is 0. The maximum absolute atomic E-state index is 6.19. The molecule has 20 heavy (non-hydrogen) atoms. The van der Waals surface area contributed by atoms with Crippen LogP contribution in [0.2, 0.25) is 0 Å². The molecule has 0 radical (unpaired) electrons. The second-order valence-electron chi connectivity index (χ2n) is 5.97. The van der Waals surface area contributed by atoms with Crippen LogP contribution < -0.4 is 5.32 Å². The third-order valence-corrected chi connectivity index (χ3v) is 5.22. The van der Waals surface area contributed by atoms with E-state index in [-0.39, 0.29) is 0 Å². The molecule has 0 aliphatic heterocycles. The van der Waals surface area contributed by atoms with Crippen molar-refractivity contribution >= 4 is 0 Å². The van der Waals surface area contributed by atoms with E-state index >= 15 is 0 Å². The molecule has 0 heterocycles. The largest absolute Gasteiger partial charge is 0.378 e. The molecule has 2 heteroatoms. The normalized spacial score (nSPS) is 24.4. The SMILES string of the molecule is CCC1(CC)C(NC)CC1OCCCc1ccccc1. The van der Waals surface area contributed by atoms with Crippen LogP contribution in [-0.2, 0) is 11.2 Å². The quantitative estimate of drug-likeness (QED) is 0.729. The van der Waals surface area contributed by atoms with Gasteiger partial charge in [0.2, 0.25) is 0 Å². The molecule has 0 bridgehead atoms. The Morgan fingerprint density at radius 3 is 2.50 bits per heavy atom. The van der Waals surface area contributed by atoms with Gasteiger partial charge >= 0.3 is 0 Å². The Balaban J connectivity index is 1.74. The van der Waals surface area contributed by atoms with Gasteiger partial charge in [-0.1, -0.05) is 44.2 Å². The molecule has 2 rings (SSSR count). The average Bonchev–Trinajstić information content (AvgIpc) is 2.48. The second kappa shape index (κ2) is 7.24. The summed E-state index contributed by atoms with van der Waals surface area (Å²) in [6.07, 6.45) is 6.27. The molecular formula is C18H29NO. The summed E-state index contributed by atoms with van der Waals surface area (Å²) in [5.41, 5.74) is 1.77.